The first-order valence-electron chi connectivity index (χ1n) is 4.29. The lowest BCUT2D eigenvalue weighted by atomic mass is 10.1. The maximum atomic E-state index is 13.3. The van der Waals surface area contributed by atoms with Gasteiger partial charge in [0.25, 0.3) is 0 Å². The van der Waals surface area contributed by atoms with E-state index in [0.717, 1.165) is 0 Å². The minimum Gasteiger partial charge on any atom is -0.544 e. The first-order valence-corrected chi connectivity index (χ1v) is 4.29. The van der Waals surface area contributed by atoms with Crippen LogP contribution in [0.2, 0.25) is 0 Å². The molecule has 0 unspecified atom stereocenters. The monoisotopic (exact) mass is 197 g/mol. The molecule has 0 aliphatic rings. The zero-order valence-electron chi connectivity index (χ0n) is 8.08. The molecule has 1 aromatic rings. The number of carboxylic acids is 1. The molecule has 0 aliphatic carbocycles. The third-order valence-corrected chi connectivity index (χ3v) is 2.03. The first-order chi connectivity index (χ1) is 6.54. The Morgan fingerprint density at radius 2 is 2.00 bits per heavy atom. The Labute approximate surface area is 81.8 Å². The first kappa shape index (κ1) is 10.7. The van der Waals surface area contributed by atoms with E-state index < -0.39 is 17.8 Å². The Morgan fingerprint density at radius 1 is 1.43 bits per heavy atom. The molecular formula is C10H12FNO2. The van der Waals surface area contributed by atoms with E-state index in [1.165, 1.54) is 18.2 Å². The maximum absolute atomic E-state index is 13.3. The highest BCUT2D eigenvalue weighted by molar-refractivity contribution is 5.71. The number of hydrogen-bond acceptors (Lipinski definition) is 2. The summed E-state index contributed by atoms with van der Waals surface area (Å²) in [6.45, 7) is 0. The van der Waals surface area contributed by atoms with E-state index >= 15 is 0 Å². The minimum absolute atomic E-state index is 0.160. The van der Waals surface area contributed by atoms with Gasteiger partial charge in [0.15, 0.2) is 6.04 Å². The molecule has 0 saturated heterocycles. The highest BCUT2D eigenvalue weighted by Crippen LogP contribution is 2.13. The number of carboxylic acid groups (broad SMARTS) is 1. The second-order valence-electron chi connectivity index (χ2n) is 3.35. The van der Waals surface area contributed by atoms with Crippen LogP contribution < -0.4 is 10.0 Å². The number of quaternary nitrogens is 1. The van der Waals surface area contributed by atoms with Crippen LogP contribution in [0, 0.1) is 5.82 Å². The van der Waals surface area contributed by atoms with Crippen LogP contribution in [-0.2, 0) is 4.79 Å². The Bertz CT molecular complexity index is 339. The highest BCUT2D eigenvalue weighted by atomic mass is 19.1. The van der Waals surface area contributed by atoms with Crippen molar-refractivity contribution in [1.29, 1.82) is 0 Å². The summed E-state index contributed by atoms with van der Waals surface area (Å²) in [5, 5.41) is 10.8. The van der Waals surface area contributed by atoms with Gasteiger partial charge in [-0.3, -0.25) is 0 Å². The maximum Gasteiger partial charge on any atom is 0.156 e. The number of carbonyl (C=O) groups excluding carboxylic acids is 1. The van der Waals surface area contributed by atoms with Gasteiger partial charge in [-0.2, -0.15) is 0 Å². The molecule has 3 nitrogen and oxygen atoms in total. The van der Waals surface area contributed by atoms with Crippen molar-refractivity contribution >= 4 is 5.97 Å². The summed E-state index contributed by atoms with van der Waals surface area (Å²) in [6, 6.07) is 4.88. The average molecular weight is 197 g/mol. The number of hydrogen-bond donors (Lipinski definition) is 1. The summed E-state index contributed by atoms with van der Waals surface area (Å²) in [4.78, 5) is 11.4. The summed E-state index contributed by atoms with van der Waals surface area (Å²) in [5.41, 5.74) is 0.160. The van der Waals surface area contributed by atoms with Crippen molar-refractivity contribution in [3.05, 3.63) is 35.6 Å². The van der Waals surface area contributed by atoms with Gasteiger partial charge in [0.2, 0.25) is 0 Å². The van der Waals surface area contributed by atoms with Crippen LogP contribution >= 0.6 is 0 Å². The Kier molecular flexibility index (Phi) is 3.19. The van der Waals surface area contributed by atoms with Crippen molar-refractivity contribution in [2.75, 3.05) is 14.1 Å². The fourth-order valence-electron chi connectivity index (χ4n) is 1.38. The van der Waals surface area contributed by atoms with Crippen LogP contribution in [-0.4, -0.2) is 20.1 Å². The molecule has 0 saturated carbocycles. The highest BCUT2D eigenvalue weighted by Gasteiger charge is 2.21. The molecule has 0 spiro atoms. The topological polar surface area (TPSA) is 44.6 Å². The largest absolute Gasteiger partial charge is 0.544 e. The Morgan fingerprint density at radius 3 is 2.43 bits per heavy atom. The predicted octanol–water partition coefficient (Wildman–Crippen LogP) is -1.24. The SMILES string of the molecule is C[NH+](C)[C@H](C(=O)[O-])c1ccccc1F. The van der Waals surface area contributed by atoms with Crippen molar-refractivity contribution in [2.24, 2.45) is 0 Å². The lowest BCUT2D eigenvalue weighted by Gasteiger charge is -2.22. The standard InChI is InChI=1S/C10H12FNO2/c1-12(2)9(10(13)14)7-5-3-4-6-8(7)11/h3-6,9H,1-2H3,(H,13,14)/t9-/m0/s1. The van der Waals surface area contributed by atoms with Gasteiger partial charge in [-0.15, -0.1) is 0 Å². The van der Waals surface area contributed by atoms with Crippen LogP contribution in [0.25, 0.3) is 0 Å². The molecule has 1 atom stereocenters. The van der Waals surface area contributed by atoms with Gasteiger partial charge < -0.3 is 14.8 Å². The van der Waals surface area contributed by atoms with Gasteiger partial charge in [-0.05, 0) is 12.1 Å². The van der Waals surface area contributed by atoms with E-state index in [4.69, 9.17) is 0 Å². The van der Waals surface area contributed by atoms with Crippen LogP contribution in [0.4, 0.5) is 4.39 Å². The van der Waals surface area contributed by atoms with Crippen molar-refractivity contribution in [3.8, 4) is 0 Å². The third kappa shape index (κ3) is 2.09. The van der Waals surface area contributed by atoms with Gasteiger partial charge in [0.05, 0.1) is 19.7 Å². The van der Waals surface area contributed by atoms with Crippen LogP contribution in [0.5, 0.6) is 0 Å². The van der Waals surface area contributed by atoms with E-state index in [1.54, 1.807) is 20.2 Å². The quantitative estimate of drug-likeness (QED) is 0.659. The third-order valence-electron chi connectivity index (χ3n) is 2.03. The Balaban J connectivity index is 3.12. The summed E-state index contributed by atoms with van der Waals surface area (Å²) in [7, 11) is 3.29. The molecule has 0 aromatic heterocycles. The zero-order chi connectivity index (χ0) is 10.7. The summed E-state index contributed by atoms with van der Waals surface area (Å²) < 4.78 is 13.3. The van der Waals surface area contributed by atoms with Crippen molar-refractivity contribution in [3.63, 3.8) is 0 Å². The molecule has 0 bridgehead atoms. The molecule has 1 rings (SSSR count). The van der Waals surface area contributed by atoms with Crippen molar-refractivity contribution < 1.29 is 19.2 Å². The smallest absolute Gasteiger partial charge is 0.156 e. The van der Waals surface area contributed by atoms with Crippen molar-refractivity contribution in [2.45, 2.75) is 6.04 Å². The number of benzene rings is 1. The summed E-state index contributed by atoms with van der Waals surface area (Å²) >= 11 is 0. The zero-order valence-corrected chi connectivity index (χ0v) is 8.08. The molecule has 76 valence electrons. The fourth-order valence-corrected chi connectivity index (χ4v) is 1.38. The molecule has 0 fully saturated rings. The van der Waals surface area contributed by atoms with Crippen LogP contribution in [0.1, 0.15) is 11.6 Å². The second kappa shape index (κ2) is 4.19. The minimum atomic E-state index is -1.27. The molecule has 0 aliphatic heterocycles. The Hall–Kier alpha value is -1.42. The fraction of sp³-hybridized carbons (Fsp3) is 0.300. The van der Waals surface area contributed by atoms with E-state index in [9.17, 15) is 14.3 Å². The number of aliphatic carboxylic acids is 1. The van der Waals surface area contributed by atoms with E-state index in [2.05, 4.69) is 0 Å². The number of likely N-dealkylation sites (N-methyl/N-ethyl adjacent to an activating group) is 1. The molecule has 0 radical (unpaired) electrons. The summed E-state index contributed by atoms with van der Waals surface area (Å²) in [6.07, 6.45) is 0. The predicted molar refractivity (Wildman–Crippen MR) is 47.0 cm³/mol. The lowest BCUT2D eigenvalue weighted by molar-refractivity contribution is -0.885. The van der Waals surface area contributed by atoms with Gasteiger partial charge in [0.1, 0.15) is 11.8 Å². The summed E-state index contributed by atoms with van der Waals surface area (Å²) in [5.74, 6) is -1.78. The van der Waals surface area contributed by atoms with Crippen LogP contribution in [0.3, 0.4) is 0 Å². The molecule has 4 heteroatoms. The van der Waals surface area contributed by atoms with Gasteiger partial charge >= 0.3 is 0 Å². The molecule has 1 aromatic carbocycles. The number of halogens is 1. The normalized spacial score (nSPS) is 12.9. The van der Waals surface area contributed by atoms with E-state index in [1.807, 2.05) is 0 Å². The second-order valence-corrected chi connectivity index (χ2v) is 3.35. The van der Waals surface area contributed by atoms with E-state index in [-0.39, 0.29) is 5.56 Å². The molecular weight excluding hydrogens is 185 g/mol. The number of carbonyl (C=O) groups is 1. The molecule has 14 heavy (non-hydrogen) atoms. The lowest BCUT2D eigenvalue weighted by Crippen LogP contribution is -3.07. The van der Waals surface area contributed by atoms with Crippen molar-refractivity contribution in [1.82, 2.24) is 0 Å². The molecule has 1 N–H and O–H groups in total. The molecule has 0 heterocycles. The van der Waals surface area contributed by atoms with Crippen LogP contribution in [0.15, 0.2) is 24.3 Å². The number of rotatable bonds is 3. The molecule has 0 amide bonds. The van der Waals surface area contributed by atoms with Gasteiger partial charge in [-0.1, -0.05) is 12.1 Å². The van der Waals surface area contributed by atoms with Gasteiger partial charge in [0, 0.05) is 0 Å². The number of nitrogens with one attached hydrogen (secondary N) is 1. The van der Waals surface area contributed by atoms with Gasteiger partial charge in [-0.25, -0.2) is 4.39 Å². The van der Waals surface area contributed by atoms with E-state index in [0.29, 0.717) is 4.90 Å². The average Bonchev–Trinajstić information content (AvgIpc) is 2.07.